The topological polar surface area (TPSA) is 40.5 Å². The summed E-state index contributed by atoms with van der Waals surface area (Å²) in [6.45, 7) is 0.794. The summed E-state index contributed by atoms with van der Waals surface area (Å²) in [6.07, 6.45) is 9.39. The van der Waals surface area contributed by atoms with E-state index in [1.807, 2.05) is 0 Å². The molecule has 1 heterocycles. The minimum atomic E-state index is -0.0200. The molecule has 1 fully saturated rings. The number of hydrogen-bond donors (Lipinski definition) is 1. The van der Waals surface area contributed by atoms with Crippen molar-refractivity contribution < 1.29 is 9.90 Å². The first-order valence-corrected chi connectivity index (χ1v) is 5.13. The van der Waals surface area contributed by atoms with Gasteiger partial charge in [-0.2, -0.15) is 0 Å². The highest BCUT2D eigenvalue weighted by Gasteiger charge is 2.23. The fourth-order valence-corrected chi connectivity index (χ4v) is 1.88. The normalized spacial score (nSPS) is 22.6. The highest BCUT2D eigenvalue weighted by molar-refractivity contribution is 5.78. The molecule has 0 bridgehead atoms. The number of aliphatic hydroxyl groups is 1. The number of carbonyl (C=O) groups excluding carboxylic acids is 1. The number of likely N-dealkylation sites (tertiary alicyclic amines) is 1. The van der Waals surface area contributed by atoms with Gasteiger partial charge in [-0.15, -0.1) is 6.42 Å². The van der Waals surface area contributed by atoms with E-state index in [1.165, 1.54) is 0 Å². The van der Waals surface area contributed by atoms with Crippen LogP contribution >= 0.6 is 0 Å². The van der Waals surface area contributed by atoms with Gasteiger partial charge in [0.2, 0.25) is 5.91 Å². The minimum Gasteiger partial charge on any atom is -0.394 e. The highest BCUT2D eigenvalue weighted by Crippen LogP contribution is 2.17. The second-order valence-corrected chi connectivity index (χ2v) is 3.65. The third-order valence-electron chi connectivity index (χ3n) is 2.66. The van der Waals surface area contributed by atoms with Crippen LogP contribution in [0.15, 0.2) is 0 Å². The lowest BCUT2D eigenvalue weighted by Gasteiger charge is -2.27. The molecule has 0 aromatic carbocycles. The second kappa shape index (κ2) is 5.66. The van der Waals surface area contributed by atoms with Crippen LogP contribution in [0.1, 0.15) is 32.1 Å². The van der Waals surface area contributed by atoms with Crippen molar-refractivity contribution in [2.75, 3.05) is 13.2 Å². The fourth-order valence-electron chi connectivity index (χ4n) is 1.88. The van der Waals surface area contributed by atoms with Crippen molar-refractivity contribution in [3.05, 3.63) is 0 Å². The molecule has 1 saturated heterocycles. The van der Waals surface area contributed by atoms with Crippen molar-refractivity contribution in [1.29, 1.82) is 0 Å². The number of nitrogens with zero attached hydrogens (tertiary/aromatic N) is 1. The average Bonchev–Trinajstić information content (AvgIpc) is 2.42. The molecule has 0 radical (unpaired) electrons. The van der Waals surface area contributed by atoms with Crippen LogP contribution in [0.2, 0.25) is 0 Å². The van der Waals surface area contributed by atoms with E-state index in [0.29, 0.717) is 0 Å². The van der Waals surface area contributed by atoms with Crippen LogP contribution in [-0.2, 0) is 4.79 Å². The summed E-state index contributed by atoms with van der Waals surface area (Å²) in [5, 5.41) is 9.16. The molecule has 1 N–H and O–H groups in total. The standard InChI is InChI=1S/C11H17NO2/c1-2-6-11(14)12-8-5-3-4-7-10(12)9-13/h1,10,13H,3-9H2. The van der Waals surface area contributed by atoms with Gasteiger partial charge in [0.25, 0.3) is 0 Å². The summed E-state index contributed by atoms with van der Waals surface area (Å²) in [7, 11) is 0. The van der Waals surface area contributed by atoms with Crippen molar-refractivity contribution >= 4 is 5.91 Å². The van der Waals surface area contributed by atoms with E-state index in [9.17, 15) is 4.79 Å². The third-order valence-corrected chi connectivity index (χ3v) is 2.66. The number of carbonyl (C=O) groups is 1. The lowest BCUT2D eigenvalue weighted by atomic mass is 10.1. The average molecular weight is 195 g/mol. The molecule has 1 rings (SSSR count). The molecule has 0 spiro atoms. The van der Waals surface area contributed by atoms with E-state index in [4.69, 9.17) is 11.5 Å². The number of amides is 1. The summed E-state index contributed by atoms with van der Waals surface area (Å²) < 4.78 is 0. The van der Waals surface area contributed by atoms with E-state index in [-0.39, 0.29) is 25.0 Å². The summed E-state index contributed by atoms with van der Waals surface area (Å²) in [6, 6.07) is -0.0154. The van der Waals surface area contributed by atoms with Gasteiger partial charge < -0.3 is 10.0 Å². The van der Waals surface area contributed by atoms with Gasteiger partial charge in [-0.3, -0.25) is 4.79 Å². The van der Waals surface area contributed by atoms with E-state index < -0.39 is 0 Å². The molecule has 1 aliphatic rings. The first kappa shape index (κ1) is 11.1. The van der Waals surface area contributed by atoms with Gasteiger partial charge in [0, 0.05) is 6.54 Å². The number of hydrogen-bond acceptors (Lipinski definition) is 2. The quantitative estimate of drug-likeness (QED) is 0.661. The highest BCUT2D eigenvalue weighted by atomic mass is 16.3. The zero-order valence-corrected chi connectivity index (χ0v) is 8.41. The molecule has 3 heteroatoms. The second-order valence-electron chi connectivity index (χ2n) is 3.65. The Hall–Kier alpha value is -1.01. The molecule has 0 aliphatic carbocycles. The van der Waals surface area contributed by atoms with Crippen LogP contribution in [0.3, 0.4) is 0 Å². The maximum atomic E-state index is 11.6. The Morgan fingerprint density at radius 1 is 1.50 bits per heavy atom. The Labute approximate surface area is 85.1 Å². The van der Waals surface area contributed by atoms with Gasteiger partial charge in [-0.1, -0.05) is 18.8 Å². The Morgan fingerprint density at radius 3 is 2.93 bits per heavy atom. The van der Waals surface area contributed by atoms with Gasteiger partial charge in [0.15, 0.2) is 0 Å². The van der Waals surface area contributed by atoms with Crippen molar-refractivity contribution in [3.63, 3.8) is 0 Å². The Kier molecular flexibility index (Phi) is 4.48. The number of terminal acetylenes is 1. The van der Waals surface area contributed by atoms with Gasteiger partial charge >= 0.3 is 0 Å². The van der Waals surface area contributed by atoms with E-state index in [2.05, 4.69) is 5.92 Å². The van der Waals surface area contributed by atoms with E-state index in [1.54, 1.807) is 4.90 Å². The van der Waals surface area contributed by atoms with Crippen LogP contribution in [0.5, 0.6) is 0 Å². The van der Waals surface area contributed by atoms with Crippen molar-refractivity contribution in [1.82, 2.24) is 4.90 Å². The molecular formula is C11H17NO2. The minimum absolute atomic E-state index is 0.0154. The lowest BCUT2D eigenvalue weighted by molar-refractivity contribution is -0.133. The molecule has 0 saturated carbocycles. The summed E-state index contributed by atoms with van der Waals surface area (Å²) >= 11 is 0. The van der Waals surface area contributed by atoms with Gasteiger partial charge in [0.1, 0.15) is 0 Å². The zero-order chi connectivity index (χ0) is 10.4. The summed E-state index contributed by atoms with van der Waals surface area (Å²) in [5.41, 5.74) is 0. The van der Waals surface area contributed by atoms with Crippen LogP contribution < -0.4 is 0 Å². The zero-order valence-electron chi connectivity index (χ0n) is 8.41. The van der Waals surface area contributed by atoms with Crippen molar-refractivity contribution in [3.8, 4) is 12.3 Å². The number of aliphatic hydroxyl groups excluding tert-OH is 1. The molecule has 0 aromatic rings. The molecule has 1 amide bonds. The molecule has 78 valence electrons. The largest absolute Gasteiger partial charge is 0.394 e. The molecule has 3 nitrogen and oxygen atoms in total. The molecule has 1 unspecified atom stereocenters. The van der Waals surface area contributed by atoms with E-state index >= 15 is 0 Å². The van der Waals surface area contributed by atoms with Crippen LogP contribution in [0.4, 0.5) is 0 Å². The predicted molar refractivity (Wildman–Crippen MR) is 54.5 cm³/mol. The smallest absolute Gasteiger partial charge is 0.234 e. The Morgan fingerprint density at radius 2 is 2.29 bits per heavy atom. The van der Waals surface area contributed by atoms with Crippen LogP contribution in [0, 0.1) is 12.3 Å². The maximum absolute atomic E-state index is 11.6. The van der Waals surface area contributed by atoms with Gasteiger partial charge in [-0.25, -0.2) is 0 Å². The summed E-state index contributed by atoms with van der Waals surface area (Å²) in [4.78, 5) is 13.3. The fraction of sp³-hybridized carbons (Fsp3) is 0.727. The van der Waals surface area contributed by atoms with Gasteiger partial charge in [-0.05, 0) is 12.8 Å². The summed E-state index contributed by atoms with van der Waals surface area (Å²) in [5.74, 6) is 2.34. The number of rotatable bonds is 2. The van der Waals surface area contributed by atoms with Crippen LogP contribution in [0.25, 0.3) is 0 Å². The van der Waals surface area contributed by atoms with E-state index in [0.717, 1.165) is 32.2 Å². The molecule has 1 atom stereocenters. The van der Waals surface area contributed by atoms with Crippen molar-refractivity contribution in [2.24, 2.45) is 0 Å². The Bertz CT molecular complexity index is 232. The third kappa shape index (κ3) is 2.74. The first-order valence-electron chi connectivity index (χ1n) is 5.13. The molecule has 14 heavy (non-hydrogen) atoms. The SMILES string of the molecule is C#CCC(=O)N1CCCCCC1CO. The Balaban J connectivity index is 2.61. The first-order chi connectivity index (χ1) is 6.79. The molecular weight excluding hydrogens is 178 g/mol. The maximum Gasteiger partial charge on any atom is 0.234 e. The predicted octanol–water partition coefficient (Wildman–Crippen LogP) is 0.773. The molecule has 0 aromatic heterocycles. The monoisotopic (exact) mass is 195 g/mol. The van der Waals surface area contributed by atoms with Crippen LogP contribution in [-0.4, -0.2) is 35.1 Å². The van der Waals surface area contributed by atoms with Gasteiger partial charge in [0.05, 0.1) is 19.1 Å². The van der Waals surface area contributed by atoms with Crippen molar-refractivity contribution in [2.45, 2.75) is 38.1 Å². The molecule has 1 aliphatic heterocycles. The lowest BCUT2D eigenvalue weighted by Crippen LogP contribution is -2.41.